The fraction of sp³-hybridized carbons (Fsp3) is 0.514. The largest absolute Gasteiger partial charge is 0.512 e. The first-order chi connectivity index (χ1) is 18.6. The molecule has 0 bridgehead atoms. The minimum absolute atomic E-state index is 0. The second-order valence-corrected chi connectivity index (χ2v) is 12.7. The van der Waals surface area contributed by atoms with Crippen molar-refractivity contribution >= 4 is 16.7 Å². The van der Waals surface area contributed by atoms with Gasteiger partial charge in [0.25, 0.3) is 0 Å². The second kappa shape index (κ2) is 15.8. The number of carbonyl (C=O) groups excluding carboxylic acids is 1. The van der Waals surface area contributed by atoms with E-state index in [9.17, 15) is 9.90 Å². The van der Waals surface area contributed by atoms with Gasteiger partial charge in [0.05, 0.1) is 11.3 Å². The number of aromatic nitrogens is 1. The summed E-state index contributed by atoms with van der Waals surface area (Å²) in [7, 11) is 0. The Hall–Kier alpha value is -2.29. The standard InChI is InChI=1S/C21H22N.C15H24O2.CH4.Ir/c1-14-10-15(2)12-17(11-14)19-9-7-16-6-8-18(21(3,4)5)13-20(16)22-19;16-14(12-7-3-1-4-8-12)11-15(17)13-9-5-2-6-10-13;;/h6-11,13H,1-5H3;11-13,16H,1-10H2;1H4;/q-1;;;. The summed E-state index contributed by atoms with van der Waals surface area (Å²) in [5.74, 6) is 0.985. The Kier molecular flexibility index (Phi) is 13.5. The number of nitrogens with zero attached hydrogens (tertiary/aromatic N) is 1. The molecule has 3 aromatic rings. The number of pyridine rings is 1. The van der Waals surface area contributed by atoms with E-state index in [1.165, 1.54) is 55.0 Å². The van der Waals surface area contributed by atoms with Crippen molar-refractivity contribution < 1.29 is 30.0 Å². The fourth-order valence-electron chi connectivity index (χ4n) is 5.93. The number of aliphatic hydroxyl groups excluding tert-OH is 1. The number of hydrogen-bond acceptors (Lipinski definition) is 3. The molecule has 0 aliphatic heterocycles. The molecule has 2 aliphatic carbocycles. The van der Waals surface area contributed by atoms with Crippen molar-refractivity contribution in [2.75, 3.05) is 0 Å². The van der Waals surface area contributed by atoms with Crippen molar-refractivity contribution in [3.63, 3.8) is 0 Å². The number of aliphatic hydroxyl groups is 1. The van der Waals surface area contributed by atoms with E-state index in [4.69, 9.17) is 4.98 Å². The molecule has 1 aromatic heterocycles. The van der Waals surface area contributed by atoms with E-state index >= 15 is 0 Å². The Morgan fingerprint density at radius 1 is 0.878 bits per heavy atom. The summed E-state index contributed by atoms with van der Waals surface area (Å²) in [6.45, 7) is 10.9. The molecule has 0 saturated heterocycles. The molecule has 5 rings (SSSR count). The van der Waals surface area contributed by atoms with Crippen LogP contribution in [0, 0.1) is 31.7 Å². The Balaban J connectivity index is 0.000000282. The van der Waals surface area contributed by atoms with Gasteiger partial charge in [0.2, 0.25) is 0 Å². The predicted molar refractivity (Wildman–Crippen MR) is 170 cm³/mol. The molecule has 0 amide bonds. The van der Waals surface area contributed by atoms with Gasteiger partial charge in [-0.2, -0.15) is 0 Å². The van der Waals surface area contributed by atoms with Gasteiger partial charge in [-0.15, -0.1) is 34.9 Å². The molecule has 0 atom stereocenters. The molecule has 4 heteroatoms. The van der Waals surface area contributed by atoms with Crippen LogP contribution in [0.2, 0.25) is 0 Å². The number of ketones is 1. The van der Waals surface area contributed by atoms with Crippen LogP contribution in [0.15, 0.2) is 54.3 Å². The molecular weight excluding hydrogens is 683 g/mol. The van der Waals surface area contributed by atoms with E-state index in [1.807, 2.05) is 0 Å². The van der Waals surface area contributed by atoms with Crippen LogP contribution in [0.4, 0.5) is 0 Å². The zero-order valence-electron chi connectivity index (χ0n) is 25.0. The molecule has 0 spiro atoms. The van der Waals surface area contributed by atoms with Gasteiger partial charge in [-0.1, -0.05) is 105 Å². The van der Waals surface area contributed by atoms with E-state index in [1.54, 1.807) is 6.08 Å². The summed E-state index contributed by atoms with van der Waals surface area (Å²) in [4.78, 5) is 16.9. The Morgan fingerprint density at radius 3 is 2.05 bits per heavy atom. The van der Waals surface area contributed by atoms with Gasteiger partial charge in [0, 0.05) is 38.0 Å². The van der Waals surface area contributed by atoms with Crippen molar-refractivity contribution in [3.8, 4) is 11.3 Å². The third-order valence-corrected chi connectivity index (χ3v) is 8.30. The molecule has 1 N–H and O–H groups in total. The van der Waals surface area contributed by atoms with Crippen molar-refractivity contribution in [2.24, 2.45) is 11.8 Å². The molecular formula is C37H50IrNO2-. The van der Waals surface area contributed by atoms with Gasteiger partial charge in [-0.3, -0.25) is 9.78 Å². The van der Waals surface area contributed by atoms with E-state index in [2.05, 4.69) is 83.1 Å². The van der Waals surface area contributed by atoms with Crippen molar-refractivity contribution in [1.82, 2.24) is 4.98 Å². The molecule has 2 aromatic carbocycles. The third kappa shape index (κ3) is 9.90. The van der Waals surface area contributed by atoms with Crippen LogP contribution in [-0.4, -0.2) is 15.9 Å². The van der Waals surface area contributed by atoms with Gasteiger partial charge in [-0.05, 0) is 53.8 Å². The molecule has 2 fully saturated rings. The van der Waals surface area contributed by atoms with Crippen LogP contribution in [-0.2, 0) is 30.3 Å². The van der Waals surface area contributed by atoms with Crippen LogP contribution < -0.4 is 0 Å². The van der Waals surface area contributed by atoms with Gasteiger partial charge in [-0.25, -0.2) is 0 Å². The zero-order valence-corrected chi connectivity index (χ0v) is 27.4. The van der Waals surface area contributed by atoms with E-state index in [-0.39, 0.29) is 50.6 Å². The third-order valence-electron chi connectivity index (χ3n) is 8.30. The summed E-state index contributed by atoms with van der Waals surface area (Å²) in [5, 5.41) is 11.2. The van der Waals surface area contributed by atoms with Gasteiger partial charge in [0.15, 0.2) is 5.78 Å². The number of allylic oxidation sites excluding steroid dienone is 2. The van der Waals surface area contributed by atoms with E-state index in [0.717, 1.165) is 48.0 Å². The first kappa shape index (κ1) is 34.9. The number of aryl methyl sites for hydroxylation is 2. The maximum Gasteiger partial charge on any atom is 0.162 e. The van der Waals surface area contributed by atoms with Crippen LogP contribution in [0.5, 0.6) is 0 Å². The predicted octanol–water partition coefficient (Wildman–Crippen LogP) is 10.4. The number of rotatable bonds is 4. The van der Waals surface area contributed by atoms with Crippen LogP contribution in [0.1, 0.15) is 109 Å². The Bertz CT molecular complexity index is 1290. The molecule has 3 nitrogen and oxygen atoms in total. The quantitative estimate of drug-likeness (QED) is 0.165. The van der Waals surface area contributed by atoms with Crippen LogP contribution >= 0.6 is 0 Å². The topological polar surface area (TPSA) is 50.2 Å². The average Bonchev–Trinajstić information content (AvgIpc) is 2.92. The van der Waals surface area contributed by atoms with E-state index in [0.29, 0.717) is 5.76 Å². The summed E-state index contributed by atoms with van der Waals surface area (Å²) < 4.78 is 0. The number of fused-ring (bicyclic) bond motifs is 1. The molecule has 0 unspecified atom stereocenters. The zero-order chi connectivity index (χ0) is 28.0. The van der Waals surface area contributed by atoms with Crippen LogP contribution in [0.25, 0.3) is 22.2 Å². The SMILES string of the molecule is C.Cc1[c-]c(-c2ccc3ccc(C(C)(C)C)cc3n2)cc(C)c1.O=C(C=C(O)C1CCCCC1)C1CCCCC1.[Ir]. The molecule has 1 heterocycles. The summed E-state index contributed by atoms with van der Waals surface area (Å²) >= 11 is 0. The maximum atomic E-state index is 12.0. The monoisotopic (exact) mass is 733 g/mol. The average molecular weight is 733 g/mol. The minimum atomic E-state index is 0. The maximum absolute atomic E-state index is 12.0. The second-order valence-electron chi connectivity index (χ2n) is 12.7. The smallest absolute Gasteiger partial charge is 0.162 e. The van der Waals surface area contributed by atoms with Gasteiger partial charge in [0.1, 0.15) is 0 Å². The number of hydrogen-bond donors (Lipinski definition) is 1. The first-order valence-electron chi connectivity index (χ1n) is 15.0. The summed E-state index contributed by atoms with van der Waals surface area (Å²) in [6.07, 6.45) is 13.0. The van der Waals surface area contributed by atoms with Crippen LogP contribution in [0.3, 0.4) is 0 Å². The van der Waals surface area contributed by atoms with Crippen molar-refractivity contribution in [2.45, 2.75) is 112 Å². The van der Waals surface area contributed by atoms with Gasteiger partial charge < -0.3 is 5.11 Å². The molecule has 2 aliphatic rings. The van der Waals surface area contributed by atoms with Crippen molar-refractivity contribution in [1.29, 1.82) is 0 Å². The molecule has 2 saturated carbocycles. The first-order valence-corrected chi connectivity index (χ1v) is 15.0. The van der Waals surface area contributed by atoms with Gasteiger partial charge >= 0.3 is 0 Å². The molecule has 225 valence electrons. The summed E-state index contributed by atoms with van der Waals surface area (Å²) in [5.41, 5.74) is 6.96. The fourth-order valence-corrected chi connectivity index (χ4v) is 5.93. The molecule has 41 heavy (non-hydrogen) atoms. The number of benzene rings is 2. The Labute approximate surface area is 262 Å². The number of carbonyl (C=O) groups is 1. The normalized spacial score (nSPS) is 16.7. The van der Waals surface area contributed by atoms with E-state index < -0.39 is 0 Å². The molecule has 1 radical (unpaired) electrons. The Morgan fingerprint density at radius 2 is 1.46 bits per heavy atom. The van der Waals surface area contributed by atoms with Crippen molar-refractivity contribution in [3.05, 3.63) is 77.1 Å². The minimum Gasteiger partial charge on any atom is -0.512 e. The summed E-state index contributed by atoms with van der Waals surface area (Å²) in [6, 6.07) is 18.5.